The maximum Gasteiger partial charge on any atom is 0.253 e. The maximum absolute atomic E-state index is 12.8. The van der Waals surface area contributed by atoms with Gasteiger partial charge in [-0.15, -0.1) is 0 Å². The summed E-state index contributed by atoms with van der Waals surface area (Å²) >= 11 is 0. The van der Waals surface area contributed by atoms with Crippen LogP contribution in [0.4, 0.5) is 0 Å². The molecule has 2 aromatic carbocycles. The Bertz CT molecular complexity index is 806. The zero-order chi connectivity index (χ0) is 20.3. The normalized spacial score (nSPS) is 20.2. The minimum absolute atomic E-state index is 0.0557. The van der Waals surface area contributed by atoms with Gasteiger partial charge in [-0.3, -0.25) is 9.69 Å². The van der Waals surface area contributed by atoms with Gasteiger partial charge in [0.15, 0.2) is 0 Å². The van der Waals surface area contributed by atoms with E-state index in [1.54, 1.807) is 4.90 Å². The second kappa shape index (κ2) is 8.89. The number of hydrogen-bond donors (Lipinski definition) is 0. The molecule has 150 valence electrons. The van der Waals surface area contributed by atoms with Gasteiger partial charge < -0.3 is 9.64 Å². The zero-order valence-electron chi connectivity index (χ0n) is 17.7. The molecule has 1 aliphatic rings. The molecule has 2 aromatic rings. The first-order valence-electron chi connectivity index (χ1n) is 10.1. The number of ether oxygens (including phenoxy) is 1. The number of morpholine rings is 1. The van der Waals surface area contributed by atoms with Gasteiger partial charge in [-0.25, -0.2) is 0 Å². The first-order chi connectivity index (χ1) is 13.3. The molecule has 1 amide bonds. The summed E-state index contributed by atoms with van der Waals surface area (Å²) in [6.45, 7) is 11.8. The number of carbonyl (C=O) groups is 1. The van der Waals surface area contributed by atoms with Crippen LogP contribution in [0.15, 0.2) is 42.5 Å². The van der Waals surface area contributed by atoms with Crippen molar-refractivity contribution in [1.29, 1.82) is 0 Å². The van der Waals surface area contributed by atoms with E-state index < -0.39 is 0 Å². The number of hydrogen-bond acceptors (Lipinski definition) is 3. The SMILES string of the molecule is Cc1ccc(CN(C)C(=O)c2ccc(CN3CC(C)OC(C)C3)cc2)c(C)c1. The molecule has 0 spiro atoms. The lowest BCUT2D eigenvalue weighted by Crippen LogP contribution is -2.44. The van der Waals surface area contributed by atoms with Crippen molar-refractivity contribution < 1.29 is 9.53 Å². The number of rotatable bonds is 5. The van der Waals surface area contributed by atoms with Crippen LogP contribution in [0.1, 0.15) is 46.5 Å². The predicted molar refractivity (Wildman–Crippen MR) is 113 cm³/mol. The van der Waals surface area contributed by atoms with Crippen LogP contribution in [0, 0.1) is 13.8 Å². The van der Waals surface area contributed by atoms with Gasteiger partial charge in [-0.1, -0.05) is 35.9 Å². The van der Waals surface area contributed by atoms with Crippen LogP contribution in [0.5, 0.6) is 0 Å². The van der Waals surface area contributed by atoms with E-state index >= 15 is 0 Å². The number of carbonyl (C=O) groups excluding carboxylic acids is 1. The molecule has 0 bridgehead atoms. The molecule has 0 radical (unpaired) electrons. The van der Waals surface area contributed by atoms with Crippen LogP contribution in [-0.4, -0.2) is 48.1 Å². The molecular weight excluding hydrogens is 348 g/mol. The molecule has 0 saturated carbocycles. The zero-order valence-corrected chi connectivity index (χ0v) is 17.7. The van der Waals surface area contributed by atoms with Gasteiger partial charge in [0.05, 0.1) is 12.2 Å². The average molecular weight is 381 g/mol. The van der Waals surface area contributed by atoms with Crippen molar-refractivity contribution in [2.45, 2.75) is 53.0 Å². The number of aryl methyl sites for hydroxylation is 2. The molecule has 4 nitrogen and oxygen atoms in total. The van der Waals surface area contributed by atoms with Gasteiger partial charge in [0.1, 0.15) is 0 Å². The molecular formula is C24H32N2O2. The van der Waals surface area contributed by atoms with Crippen molar-refractivity contribution in [3.63, 3.8) is 0 Å². The number of benzene rings is 2. The smallest absolute Gasteiger partial charge is 0.253 e. The molecule has 3 rings (SSSR count). The van der Waals surface area contributed by atoms with E-state index in [4.69, 9.17) is 4.74 Å². The van der Waals surface area contributed by atoms with Crippen molar-refractivity contribution in [1.82, 2.24) is 9.80 Å². The molecule has 1 saturated heterocycles. The van der Waals surface area contributed by atoms with E-state index in [1.165, 1.54) is 22.3 Å². The van der Waals surface area contributed by atoms with E-state index in [2.05, 4.69) is 62.9 Å². The van der Waals surface area contributed by atoms with E-state index in [1.807, 2.05) is 19.2 Å². The highest BCUT2D eigenvalue weighted by molar-refractivity contribution is 5.94. The lowest BCUT2D eigenvalue weighted by atomic mass is 10.0. The summed E-state index contributed by atoms with van der Waals surface area (Å²) in [7, 11) is 1.87. The Morgan fingerprint density at radius 3 is 2.32 bits per heavy atom. The number of amides is 1. The third-order valence-corrected chi connectivity index (χ3v) is 5.35. The Balaban J connectivity index is 1.61. The Morgan fingerprint density at radius 2 is 1.71 bits per heavy atom. The van der Waals surface area contributed by atoms with Crippen molar-refractivity contribution in [2.75, 3.05) is 20.1 Å². The lowest BCUT2D eigenvalue weighted by molar-refractivity contribution is -0.0704. The highest BCUT2D eigenvalue weighted by Crippen LogP contribution is 2.17. The summed E-state index contributed by atoms with van der Waals surface area (Å²) in [5.74, 6) is 0.0557. The van der Waals surface area contributed by atoms with Crippen LogP contribution in [-0.2, 0) is 17.8 Å². The Kier molecular flexibility index (Phi) is 6.53. The maximum atomic E-state index is 12.8. The predicted octanol–water partition coefficient (Wildman–Crippen LogP) is 4.18. The fourth-order valence-electron chi connectivity index (χ4n) is 4.00. The van der Waals surface area contributed by atoms with Gasteiger partial charge in [0, 0.05) is 38.8 Å². The molecule has 2 unspecified atom stereocenters. The standard InChI is InChI=1S/C24H32N2O2/c1-17-6-9-23(18(2)12-17)16-25(5)24(27)22-10-7-21(8-11-22)15-26-13-19(3)28-20(4)14-26/h6-12,19-20H,13-16H2,1-5H3. The summed E-state index contributed by atoms with van der Waals surface area (Å²) in [5, 5.41) is 0. The quantitative estimate of drug-likeness (QED) is 0.780. The highest BCUT2D eigenvalue weighted by atomic mass is 16.5. The van der Waals surface area contributed by atoms with E-state index in [0.29, 0.717) is 6.54 Å². The van der Waals surface area contributed by atoms with Crippen molar-refractivity contribution >= 4 is 5.91 Å². The van der Waals surface area contributed by atoms with Crippen molar-refractivity contribution in [3.8, 4) is 0 Å². The highest BCUT2D eigenvalue weighted by Gasteiger charge is 2.22. The first kappa shape index (κ1) is 20.6. The second-order valence-electron chi connectivity index (χ2n) is 8.24. The van der Waals surface area contributed by atoms with Crippen molar-refractivity contribution in [3.05, 3.63) is 70.3 Å². The third kappa shape index (κ3) is 5.21. The van der Waals surface area contributed by atoms with Crippen LogP contribution in [0.2, 0.25) is 0 Å². The molecule has 1 heterocycles. The van der Waals surface area contributed by atoms with Crippen LogP contribution < -0.4 is 0 Å². The fourth-order valence-corrected chi connectivity index (χ4v) is 4.00. The molecule has 1 fully saturated rings. The summed E-state index contributed by atoms with van der Waals surface area (Å²) in [6, 6.07) is 14.4. The van der Waals surface area contributed by atoms with Crippen molar-refractivity contribution in [2.24, 2.45) is 0 Å². The average Bonchev–Trinajstić information content (AvgIpc) is 2.63. The molecule has 1 aliphatic heterocycles. The van der Waals surface area contributed by atoms with Gasteiger partial charge in [-0.05, 0) is 56.5 Å². The summed E-state index contributed by atoms with van der Waals surface area (Å²) in [6.07, 6.45) is 0.534. The molecule has 0 aromatic heterocycles. The third-order valence-electron chi connectivity index (χ3n) is 5.35. The fraction of sp³-hybridized carbons (Fsp3) is 0.458. The molecule has 2 atom stereocenters. The molecule has 4 heteroatoms. The summed E-state index contributed by atoms with van der Waals surface area (Å²) in [4.78, 5) is 17.0. The Labute approximate surface area is 169 Å². The summed E-state index contributed by atoms with van der Waals surface area (Å²) < 4.78 is 5.80. The van der Waals surface area contributed by atoms with E-state index in [9.17, 15) is 4.79 Å². The topological polar surface area (TPSA) is 32.8 Å². The summed E-state index contributed by atoms with van der Waals surface area (Å²) in [5.41, 5.74) is 5.63. The van der Waals surface area contributed by atoms with Gasteiger partial charge in [0.2, 0.25) is 0 Å². The van der Waals surface area contributed by atoms with Gasteiger partial charge in [-0.2, -0.15) is 0 Å². The minimum Gasteiger partial charge on any atom is -0.373 e. The van der Waals surface area contributed by atoms with Gasteiger partial charge >= 0.3 is 0 Å². The second-order valence-corrected chi connectivity index (χ2v) is 8.24. The Hall–Kier alpha value is -2.17. The monoisotopic (exact) mass is 380 g/mol. The molecule has 28 heavy (non-hydrogen) atoms. The number of nitrogens with zero attached hydrogens (tertiary/aromatic N) is 2. The van der Waals surface area contributed by atoms with E-state index in [-0.39, 0.29) is 18.1 Å². The first-order valence-corrected chi connectivity index (χ1v) is 10.1. The van der Waals surface area contributed by atoms with Gasteiger partial charge in [0.25, 0.3) is 5.91 Å². The van der Waals surface area contributed by atoms with Crippen LogP contribution in [0.3, 0.4) is 0 Å². The largest absolute Gasteiger partial charge is 0.373 e. The molecule has 0 N–H and O–H groups in total. The minimum atomic E-state index is 0.0557. The van der Waals surface area contributed by atoms with Crippen LogP contribution in [0.25, 0.3) is 0 Å². The lowest BCUT2D eigenvalue weighted by Gasteiger charge is -2.35. The Morgan fingerprint density at radius 1 is 1.07 bits per heavy atom. The van der Waals surface area contributed by atoms with E-state index in [0.717, 1.165) is 25.2 Å². The molecule has 0 aliphatic carbocycles. The van der Waals surface area contributed by atoms with Crippen LogP contribution >= 0.6 is 0 Å².